The van der Waals surface area contributed by atoms with Gasteiger partial charge in [0.25, 0.3) is 0 Å². The van der Waals surface area contributed by atoms with Crippen LogP contribution >= 0.6 is 34.5 Å². The maximum atomic E-state index is 14.3. The van der Waals surface area contributed by atoms with Gasteiger partial charge in [-0.3, -0.25) is 0 Å². The molecule has 0 bridgehead atoms. The molecule has 0 saturated carbocycles. The molecule has 4 aromatic rings. The largest absolute Gasteiger partial charge is 0.330 e. The highest BCUT2D eigenvalue weighted by molar-refractivity contribution is 7.18. The summed E-state index contributed by atoms with van der Waals surface area (Å²) in [4.78, 5) is 8.35. The average Bonchev–Trinajstić information content (AvgIpc) is 3.28. The van der Waals surface area contributed by atoms with Crippen LogP contribution in [0.4, 0.5) is 19.6 Å². The molecule has 0 radical (unpaired) electrons. The van der Waals surface area contributed by atoms with E-state index in [2.05, 4.69) is 20.4 Å². The molecular weight excluding hydrogens is 415 g/mol. The third-order valence-electron chi connectivity index (χ3n) is 3.59. The van der Waals surface area contributed by atoms with Gasteiger partial charge in [0.05, 0.1) is 10.7 Å². The first-order chi connectivity index (χ1) is 13.0. The van der Waals surface area contributed by atoms with Crippen molar-refractivity contribution >= 4 is 45.4 Å². The molecule has 0 unspecified atom stereocenters. The van der Waals surface area contributed by atoms with Gasteiger partial charge < -0.3 is 5.32 Å². The fourth-order valence-electron chi connectivity index (χ4n) is 2.40. The molecule has 4 rings (SSSR count). The van der Waals surface area contributed by atoms with Crippen LogP contribution in [0, 0.1) is 11.6 Å². The summed E-state index contributed by atoms with van der Waals surface area (Å²) >= 11 is 13.4. The third-order valence-corrected chi connectivity index (χ3v) is 5.12. The Hall–Kier alpha value is -2.55. The second kappa shape index (κ2) is 7.22. The molecule has 2 aromatic carbocycles. The Morgan fingerprint density at radius 1 is 1.07 bits per heavy atom. The maximum absolute atomic E-state index is 14.3. The molecular formula is C17H9Cl2F2N5S. The molecule has 0 aliphatic carbocycles. The van der Waals surface area contributed by atoms with E-state index in [4.69, 9.17) is 23.2 Å². The highest BCUT2D eigenvalue weighted by Crippen LogP contribution is 2.37. The third kappa shape index (κ3) is 3.64. The van der Waals surface area contributed by atoms with Crippen LogP contribution in [0.25, 0.3) is 16.3 Å². The van der Waals surface area contributed by atoms with E-state index in [1.165, 1.54) is 40.8 Å². The summed E-state index contributed by atoms with van der Waals surface area (Å²) in [5, 5.41) is 9.04. The van der Waals surface area contributed by atoms with Crippen LogP contribution in [0.1, 0.15) is 0 Å². The van der Waals surface area contributed by atoms with Crippen LogP contribution < -0.4 is 5.32 Å². The Bertz CT molecular complexity index is 1110. The van der Waals surface area contributed by atoms with Gasteiger partial charge in [0.1, 0.15) is 35.0 Å². The monoisotopic (exact) mass is 423 g/mol. The molecule has 0 aliphatic heterocycles. The van der Waals surface area contributed by atoms with Crippen molar-refractivity contribution in [3.05, 3.63) is 70.7 Å². The minimum absolute atomic E-state index is 0.142. The SMILES string of the molecule is Fc1ccc(-c2nc(Nc3cc(Cl)ccc3Cl)sc2-n2cncn2)c(F)c1. The number of hydrogen-bond acceptors (Lipinski definition) is 5. The van der Waals surface area contributed by atoms with E-state index in [0.717, 1.165) is 6.07 Å². The Morgan fingerprint density at radius 3 is 2.67 bits per heavy atom. The molecule has 136 valence electrons. The number of anilines is 2. The molecule has 0 amide bonds. The Labute approximate surface area is 166 Å². The van der Waals surface area contributed by atoms with Crippen molar-refractivity contribution in [2.24, 2.45) is 0 Å². The van der Waals surface area contributed by atoms with E-state index < -0.39 is 11.6 Å². The molecule has 5 nitrogen and oxygen atoms in total. The second-order valence-corrected chi connectivity index (χ2v) is 7.21. The number of halogens is 4. The topological polar surface area (TPSA) is 55.6 Å². The highest BCUT2D eigenvalue weighted by atomic mass is 35.5. The molecule has 27 heavy (non-hydrogen) atoms. The lowest BCUT2D eigenvalue weighted by Crippen LogP contribution is -1.96. The van der Waals surface area contributed by atoms with E-state index >= 15 is 0 Å². The quantitative estimate of drug-likeness (QED) is 0.455. The van der Waals surface area contributed by atoms with Crippen molar-refractivity contribution in [2.75, 3.05) is 5.32 Å². The number of rotatable bonds is 4. The Morgan fingerprint density at radius 2 is 1.93 bits per heavy atom. The predicted molar refractivity (Wildman–Crippen MR) is 102 cm³/mol. The smallest absolute Gasteiger partial charge is 0.189 e. The van der Waals surface area contributed by atoms with Crippen molar-refractivity contribution < 1.29 is 8.78 Å². The van der Waals surface area contributed by atoms with E-state index in [9.17, 15) is 8.78 Å². The number of thiazole rings is 1. The first-order valence-electron chi connectivity index (χ1n) is 7.54. The fraction of sp³-hybridized carbons (Fsp3) is 0. The molecule has 1 N–H and O–H groups in total. The van der Waals surface area contributed by atoms with Gasteiger partial charge in [-0.05, 0) is 30.3 Å². The summed E-state index contributed by atoms with van der Waals surface area (Å²) < 4.78 is 29.1. The van der Waals surface area contributed by atoms with E-state index in [-0.39, 0.29) is 5.56 Å². The lowest BCUT2D eigenvalue weighted by Gasteiger charge is -2.05. The van der Waals surface area contributed by atoms with Gasteiger partial charge in [-0.1, -0.05) is 34.5 Å². The summed E-state index contributed by atoms with van der Waals surface area (Å²) in [7, 11) is 0. The molecule has 0 saturated heterocycles. The number of nitrogens with one attached hydrogen (secondary N) is 1. The first-order valence-corrected chi connectivity index (χ1v) is 9.12. The van der Waals surface area contributed by atoms with Crippen LogP contribution in [-0.2, 0) is 0 Å². The minimum Gasteiger partial charge on any atom is -0.330 e. The van der Waals surface area contributed by atoms with Gasteiger partial charge >= 0.3 is 0 Å². The van der Waals surface area contributed by atoms with Crippen LogP contribution in [0.5, 0.6) is 0 Å². The molecule has 0 fully saturated rings. The van der Waals surface area contributed by atoms with Gasteiger partial charge in [-0.2, -0.15) is 5.10 Å². The Balaban J connectivity index is 1.82. The first kappa shape index (κ1) is 17.8. The molecule has 0 spiro atoms. The van der Waals surface area contributed by atoms with Crippen molar-refractivity contribution in [2.45, 2.75) is 0 Å². The summed E-state index contributed by atoms with van der Waals surface area (Å²) in [6.45, 7) is 0. The standard InChI is InChI=1S/C17H9Cl2F2N5S/c18-9-1-4-12(19)14(5-9)24-17-25-15(11-3-2-10(20)6-13(11)21)16(27-17)26-8-22-7-23-26/h1-8H,(H,24,25). The predicted octanol–water partition coefficient (Wildman–Crippen LogP) is 5.72. The normalized spacial score (nSPS) is 11.0. The van der Waals surface area contributed by atoms with Crippen molar-refractivity contribution in [3.8, 4) is 16.3 Å². The van der Waals surface area contributed by atoms with Gasteiger partial charge in [0.15, 0.2) is 5.13 Å². The Kier molecular flexibility index (Phi) is 4.77. The lowest BCUT2D eigenvalue weighted by molar-refractivity contribution is 0.585. The van der Waals surface area contributed by atoms with Crippen LogP contribution in [0.3, 0.4) is 0 Å². The molecule has 2 aromatic heterocycles. The zero-order valence-electron chi connectivity index (χ0n) is 13.3. The molecule has 10 heteroatoms. The summed E-state index contributed by atoms with van der Waals surface area (Å²) in [5.74, 6) is -1.40. The number of hydrogen-bond donors (Lipinski definition) is 1. The maximum Gasteiger partial charge on any atom is 0.189 e. The molecule has 0 aliphatic rings. The zero-order valence-corrected chi connectivity index (χ0v) is 15.7. The summed E-state index contributed by atoms with van der Waals surface area (Å²) in [6, 6.07) is 8.27. The van der Waals surface area contributed by atoms with Crippen LogP contribution in [0.2, 0.25) is 10.0 Å². The van der Waals surface area contributed by atoms with E-state index in [0.29, 0.717) is 31.6 Å². The average molecular weight is 424 g/mol. The molecule has 2 heterocycles. The zero-order chi connectivity index (χ0) is 19.0. The van der Waals surface area contributed by atoms with Crippen molar-refractivity contribution in [1.29, 1.82) is 0 Å². The van der Waals surface area contributed by atoms with Gasteiger partial charge in [0.2, 0.25) is 0 Å². The second-order valence-electron chi connectivity index (χ2n) is 5.39. The van der Waals surface area contributed by atoms with E-state index in [1.807, 2.05) is 0 Å². The van der Waals surface area contributed by atoms with Crippen molar-refractivity contribution in [3.63, 3.8) is 0 Å². The van der Waals surface area contributed by atoms with Gasteiger partial charge in [-0.25, -0.2) is 23.4 Å². The minimum atomic E-state index is -0.728. The number of aromatic nitrogens is 4. The summed E-state index contributed by atoms with van der Waals surface area (Å²) in [5.41, 5.74) is 0.987. The fourth-order valence-corrected chi connectivity index (χ4v) is 3.66. The highest BCUT2D eigenvalue weighted by Gasteiger charge is 2.19. The number of benzene rings is 2. The van der Waals surface area contributed by atoms with Crippen LogP contribution in [0.15, 0.2) is 49.1 Å². The van der Waals surface area contributed by atoms with Crippen molar-refractivity contribution in [1.82, 2.24) is 19.7 Å². The van der Waals surface area contributed by atoms with Gasteiger partial charge in [-0.15, -0.1) is 0 Å². The molecule has 0 atom stereocenters. The van der Waals surface area contributed by atoms with E-state index in [1.54, 1.807) is 18.2 Å². The van der Waals surface area contributed by atoms with Gasteiger partial charge in [0, 0.05) is 16.7 Å². The number of nitrogens with zero attached hydrogens (tertiary/aromatic N) is 4. The summed E-state index contributed by atoms with van der Waals surface area (Å²) in [6.07, 6.45) is 2.82. The lowest BCUT2D eigenvalue weighted by atomic mass is 10.1. The van der Waals surface area contributed by atoms with Crippen LogP contribution in [-0.4, -0.2) is 19.7 Å².